The molecule has 0 aliphatic rings. The van der Waals surface area contributed by atoms with E-state index in [1.807, 2.05) is 0 Å². The fourth-order valence-electron chi connectivity index (χ4n) is 2.33. The quantitative estimate of drug-likeness (QED) is 0.597. The Kier molecular flexibility index (Phi) is 5.47. The van der Waals surface area contributed by atoms with Crippen LogP contribution in [0.2, 0.25) is 5.02 Å². The standard InChI is InChI=1S/C17H11ClF7NO/c1-9-7-11(15(19,16(20,21)22)17(23,24)25)5-6-13(9)26-14(27)10-3-2-4-12(18)8-10/h2-8H,1H3,(H,26,27). The first-order valence-corrected chi connectivity index (χ1v) is 7.65. The first-order chi connectivity index (χ1) is 12.3. The van der Waals surface area contributed by atoms with Gasteiger partial charge in [0, 0.05) is 21.8 Å². The van der Waals surface area contributed by atoms with Gasteiger partial charge in [-0.1, -0.05) is 29.8 Å². The molecule has 1 N–H and O–H groups in total. The molecule has 146 valence electrons. The van der Waals surface area contributed by atoms with Crippen LogP contribution in [0.3, 0.4) is 0 Å². The number of benzene rings is 2. The third-order valence-electron chi connectivity index (χ3n) is 3.74. The van der Waals surface area contributed by atoms with E-state index in [-0.39, 0.29) is 21.8 Å². The van der Waals surface area contributed by atoms with Crippen LogP contribution in [-0.4, -0.2) is 18.3 Å². The number of hydrogen-bond acceptors (Lipinski definition) is 1. The SMILES string of the molecule is Cc1cc(C(F)(C(F)(F)F)C(F)(F)F)ccc1NC(=O)c1cccc(Cl)c1. The maximum absolute atomic E-state index is 14.1. The largest absolute Gasteiger partial charge is 0.435 e. The van der Waals surface area contributed by atoms with Crippen molar-refractivity contribution in [3.05, 3.63) is 64.2 Å². The summed E-state index contributed by atoms with van der Waals surface area (Å²) in [6.45, 7) is 1.14. The van der Waals surface area contributed by atoms with Crippen LogP contribution in [0, 0.1) is 6.92 Å². The minimum absolute atomic E-state index is 0.0737. The molecular formula is C17H11ClF7NO. The summed E-state index contributed by atoms with van der Waals surface area (Å²) in [6, 6.07) is 7.23. The molecule has 0 radical (unpaired) electrons. The van der Waals surface area contributed by atoms with Gasteiger partial charge in [0.05, 0.1) is 0 Å². The molecule has 0 unspecified atom stereocenters. The highest BCUT2D eigenvalue weighted by molar-refractivity contribution is 6.31. The number of amides is 1. The summed E-state index contributed by atoms with van der Waals surface area (Å²) >= 11 is 5.74. The molecule has 0 heterocycles. The number of carbonyl (C=O) groups excluding carboxylic acids is 1. The van der Waals surface area contributed by atoms with Crippen LogP contribution in [0.4, 0.5) is 36.4 Å². The van der Waals surface area contributed by atoms with E-state index in [1.54, 1.807) is 0 Å². The number of anilines is 1. The highest BCUT2D eigenvalue weighted by Gasteiger charge is 2.73. The van der Waals surface area contributed by atoms with Gasteiger partial charge in [-0.15, -0.1) is 0 Å². The monoisotopic (exact) mass is 413 g/mol. The second-order valence-corrected chi connectivity index (χ2v) is 6.08. The first-order valence-electron chi connectivity index (χ1n) is 7.28. The second kappa shape index (κ2) is 7.03. The third-order valence-corrected chi connectivity index (χ3v) is 3.98. The average Bonchev–Trinajstić information content (AvgIpc) is 2.53. The zero-order valence-corrected chi connectivity index (χ0v) is 14.2. The fraction of sp³-hybridized carbons (Fsp3) is 0.235. The Morgan fingerprint density at radius 3 is 2.00 bits per heavy atom. The molecule has 27 heavy (non-hydrogen) atoms. The van der Waals surface area contributed by atoms with Crippen LogP contribution in [-0.2, 0) is 5.67 Å². The molecule has 0 fully saturated rings. The number of carbonyl (C=O) groups is 1. The molecule has 0 bridgehead atoms. The van der Waals surface area contributed by atoms with Crippen molar-refractivity contribution in [2.24, 2.45) is 0 Å². The molecule has 2 aromatic carbocycles. The summed E-state index contributed by atoms with van der Waals surface area (Å²) in [5.74, 6) is -0.688. The van der Waals surface area contributed by atoms with E-state index in [9.17, 15) is 35.5 Å². The van der Waals surface area contributed by atoms with Crippen molar-refractivity contribution in [3.8, 4) is 0 Å². The number of hydrogen-bond donors (Lipinski definition) is 1. The lowest BCUT2D eigenvalue weighted by atomic mass is 9.92. The van der Waals surface area contributed by atoms with E-state index >= 15 is 0 Å². The van der Waals surface area contributed by atoms with E-state index in [0.717, 1.165) is 13.0 Å². The number of rotatable bonds is 3. The van der Waals surface area contributed by atoms with Gasteiger partial charge in [0.1, 0.15) is 0 Å². The Morgan fingerprint density at radius 2 is 1.52 bits per heavy atom. The van der Waals surface area contributed by atoms with Crippen LogP contribution >= 0.6 is 11.6 Å². The van der Waals surface area contributed by atoms with Gasteiger partial charge in [-0.2, -0.15) is 26.3 Å². The van der Waals surface area contributed by atoms with Gasteiger partial charge < -0.3 is 5.32 Å². The zero-order valence-electron chi connectivity index (χ0n) is 13.5. The summed E-state index contributed by atoms with van der Waals surface area (Å²) in [5.41, 5.74) is -7.29. The molecule has 0 aliphatic carbocycles. The Hall–Kier alpha value is -2.29. The predicted octanol–water partition coefficient (Wildman–Crippen LogP) is 6.19. The van der Waals surface area contributed by atoms with Crippen LogP contribution in [0.25, 0.3) is 0 Å². The number of nitrogens with one attached hydrogen (secondary N) is 1. The van der Waals surface area contributed by atoms with Crippen LogP contribution in [0.5, 0.6) is 0 Å². The molecule has 0 atom stereocenters. The Balaban J connectivity index is 2.39. The van der Waals surface area contributed by atoms with Crippen molar-refractivity contribution in [2.45, 2.75) is 24.9 Å². The molecule has 1 amide bonds. The second-order valence-electron chi connectivity index (χ2n) is 5.65. The van der Waals surface area contributed by atoms with Gasteiger partial charge in [-0.3, -0.25) is 4.79 Å². The van der Waals surface area contributed by atoms with Crippen molar-refractivity contribution in [3.63, 3.8) is 0 Å². The molecule has 2 rings (SSSR count). The Morgan fingerprint density at radius 1 is 0.926 bits per heavy atom. The maximum atomic E-state index is 14.1. The lowest BCUT2D eigenvalue weighted by molar-refractivity contribution is -0.348. The van der Waals surface area contributed by atoms with Gasteiger partial charge in [0.2, 0.25) is 0 Å². The van der Waals surface area contributed by atoms with Gasteiger partial charge in [0.15, 0.2) is 0 Å². The molecule has 2 nitrogen and oxygen atoms in total. The normalized spacial score (nSPS) is 12.8. The van der Waals surface area contributed by atoms with E-state index in [2.05, 4.69) is 5.32 Å². The number of halogens is 8. The highest BCUT2D eigenvalue weighted by Crippen LogP contribution is 2.53. The minimum atomic E-state index is -6.21. The zero-order chi connectivity index (χ0) is 20.6. The average molecular weight is 414 g/mol. The summed E-state index contributed by atoms with van der Waals surface area (Å²) in [6.07, 6.45) is -12.4. The van der Waals surface area contributed by atoms with Gasteiger partial charge in [-0.25, -0.2) is 4.39 Å². The predicted molar refractivity (Wildman–Crippen MR) is 85.5 cm³/mol. The molecule has 0 saturated heterocycles. The lowest BCUT2D eigenvalue weighted by Crippen LogP contribution is -2.50. The molecule has 0 aromatic heterocycles. The van der Waals surface area contributed by atoms with Crippen molar-refractivity contribution < 1.29 is 35.5 Å². The van der Waals surface area contributed by atoms with Crippen molar-refractivity contribution in [1.82, 2.24) is 0 Å². The summed E-state index contributed by atoms with van der Waals surface area (Å²) in [4.78, 5) is 12.1. The first kappa shape index (κ1) is 21.0. The number of aryl methyl sites for hydroxylation is 1. The van der Waals surface area contributed by atoms with Crippen molar-refractivity contribution in [2.75, 3.05) is 5.32 Å². The van der Waals surface area contributed by atoms with Crippen LogP contribution in [0.1, 0.15) is 21.5 Å². The summed E-state index contributed by atoms with van der Waals surface area (Å²) in [5, 5.41) is 2.58. The molecule has 10 heteroatoms. The smallest absolute Gasteiger partial charge is 0.322 e. The van der Waals surface area contributed by atoms with Crippen molar-refractivity contribution in [1.29, 1.82) is 0 Å². The van der Waals surface area contributed by atoms with Crippen LogP contribution in [0.15, 0.2) is 42.5 Å². The van der Waals surface area contributed by atoms with Crippen LogP contribution < -0.4 is 5.32 Å². The highest BCUT2D eigenvalue weighted by atomic mass is 35.5. The molecule has 2 aromatic rings. The number of alkyl halides is 7. The van der Waals surface area contributed by atoms with E-state index in [0.29, 0.717) is 12.1 Å². The summed E-state index contributed by atoms with van der Waals surface area (Å²) in [7, 11) is 0. The molecule has 0 spiro atoms. The van der Waals surface area contributed by atoms with E-state index in [1.165, 1.54) is 24.3 Å². The Bertz CT molecular complexity index is 847. The molecule has 0 saturated carbocycles. The van der Waals surface area contributed by atoms with Gasteiger partial charge >= 0.3 is 18.0 Å². The van der Waals surface area contributed by atoms with E-state index in [4.69, 9.17) is 11.6 Å². The molecular weight excluding hydrogens is 403 g/mol. The Labute approximate surface area is 153 Å². The van der Waals surface area contributed by atoms with E-state index < -0.39 is 29.5 Å². The minimum Gasteiger partial charge on any atom is -0.322 e. The lowest BCUT2D eigenvalue weighted by Gasteiger charge is -2.30. The summed E-state index contributed by atoms with van der Waals surface area (Å²) < 4.78 is 90.9. The fourth-order valence-corrected chi connectivity index (χ4v) is 2.52. The van der Waals surface area contributed by atoms with Gasteiger partial charge in [-0.05, 0) is 36.8 Å². The van der Waals surface area contributed by atoms with Gasteiger partial charge in [0.25, 0.3) is 5.91 Å². The molecule has 0 aliphatic heterocycles. The topological polar surface area (TPSA) is 29.1 Å². The third kappa shape index (κ3) is 4.02. The van der Waals surface area contributed by atoms with Crippen molar-refractivity contribution >= 4 is 23.2 Å². The maximum Gasteiger partial charge on any atom is 0.435 e.